The molecule has 0 atom stereocenters. The molecule has 100 valence electrons. The molecule has 0 spiro atoms. The number of ether oxygens (including phenoxy) is 2. The van der Waals surface area contributed by atoms with Gasteiger partial charge in [-0.1, -0.05) is 13.8 Å². The molecule has 18 heavy (non-hydrogen) atoms. The summed E-state index contributed by atoms with van der Waals surface area (Å²) in [4.78, 5) is 11.8. The highest BCUT2D eigenvalue weighted by Crippen LogP contribution is 2.26. The van der Waals surface area contributed by atoms with Crippen LogP contribution in [0.3, 0.4) is 0 Å². The van der Waals surface area contributed by atoms with Gasteiger partial charge in [0.15, 0.2) is 0 Å². The highest BCUT2D eigenvalue weighted by atomic mass is 16.5. The Kier molecular flexibility index (Phi) is 5.69. The van der Waals surface area contributed by atoms with E-state index in [0.29, 0.717) is 18.8 Å². The lowest BCUT2D eigenvalue weighted by Crippen LogP contribution is -2.09. The van der Waals surface area contributed by atoms with Crippen LogP contribution in [0.5, 0.6) is 5.75 Å². The third-order valence-corrected chi connectivity index (χ3v) is 2.87. The van der Waals surface area contributed by atoms with E-state index in [1.807, 2.05) is 19.9 Å². The molecular formula is C15H22O3. The molecule has 0 saturated heterocycles. The molecule has 0 aliphatic heterocycles. The molecule has 0 N–H and O–H groups in total. The highest BCUT2D eigenvalue weighted by molar-refractivity contribution is 5.91. The van der Waals surface area contributed by atoms with E-state index >= 15 is 0 Å². The molecular weight excluding hydrogens is 228 g/mol. The van der Waals surface area contributed by atoms with E-state index < -0.39 is 0 Å². The van der Waals surface area contributed by atoms with Gasteiger partial charge in [0.1, 0.15) is 5.75 Å². The Balaban J connectivity index is 3.07. The molecule has 1 rings (SSSR count). The minimum Gasteiger partial charge on any atom is -0.493 e. The molecule has 0 fully saturated rings. The van der Waals surface area contributed by atoms with Crippen LogP contribution in [0.1, 0.15) is 48.7 Å². The second-order valence-electron chi connectivity index (χ2n) is 4.14. The number of rotatable bonds is 6. The zero-order valence-electron chi connectivity index (χ0n) is 11.7. The number of esters is 1. The molecule has 0 aromatic heterocycles. The number of hydrogen-bond donors (Lipinski definition) is 0. The van der Waals surface area contributed by atoms with Crippen molar-refractivity contribution < 1.29 is 14.3 Å². The molecule has 0 aliphatic carbocycles. The Hall–Kier alpha value is -1.51. The quantitative estimate of drug-likeness (QED) is 0.725. The van der Waals surface area contributed by atoms with Gasteiger partial charge >= 0.3 is 5.97 Å². The van der Waals surface area contributed by atoms with E-state index in [-0.39, 0.29) is 5.97 Å². The Bertz CT molecular complexity index is 410. The van der Waals surface area contributed by atoms with Crippen LogP contribution in [0.15, 0.2) is 12.1 Å². The van der Waals surface area contributed by atoms with Crippen molar-refractivity contribution in [2.45, 2.75) is 40.5 Å². The van der Waals surface area contributed by atoms with Crippen LogP contribution >= 0.6 is 0 Å². The Morgan fingerprint density at radius 3 is 2.50 bits per heavy atom. The lowest BCUT2D eigenvalue weighted by atomic mass is 9.99. The van der Waals surface area contributed by atoms with Gasteiger partial charge in [-0.3, -0.25) is 0 Å². The topological polar surface area (TPSA) is 35.5 Å². The number of benzene rings is 1. The molecule has 1 aromatic carbocycles. The summed E-state index contributed by atoms with van der Waals surface area (Å²) in [6, 6.07) is 3.66. The van der Waals surface area contributed by atoms with Gasteiger partial charge in [-0.25, -0.2) is 4.79 Å². The van der Waals surface area contributed by atoms with Gasteiger partial charge in [0, 0.05) is 0 Å². The maximum Gasteiger partial charge on any atom is 0.338 e. The maximum atomic E-state index is 11.8. The van der Waals surface area contributed by atoms with Crippen molar-refractivity contribution in [1.82, 2.24) is 0 Å². The fraction of sp³-hybridized carbons (Fsp3) is 0.533. The van der Waals surface area contributed by atoms with Gasteiger partial charge in [-0.2, -0.15) is 0 Å². The van der Waals surface area contributed by atoms with Crippen molar-refractivity contribution >= 4 is 5.97 Å². The van der Waals surface area contributed by atoms with E-state index in [9.17, 15) is 4.79 Å². The molecule has 3 nitrogen and oxygen atoms in total. The average molecular weight is 250 g/mol. The monoisotopic (exact) mass is 250 g/mol. The molecule has 0 unspecified atom stereocenters. The maximum absolute atomic E-state index is 11.8. The third-order valence-electron chi connectivity index (χ3n) is 2.87. The summed E-state index contributed by atoms with van der Waals surface area (Å²) in [6.45, 7) is 9.00. The third kappa shape index (κ3) is 3.25. The lowest BCUT2D eigenvalue weighted by molar-refractivity contribution is 0.0525. The van der Waals surface area contributed by atoms with Crippen molar-refractivity contribution in [2.24, 2.45) is 0 Å². The summed E-state index contributed by atoms with van der Waals surface area (Å²) in [5.41, 5.74) is 2.69. The molecule has 0 heterocycles. The standard InChI is InChI=1S/C15H22O3/c1-5-10-18-14-9-8-13(15(16)17-7-3)11(4)12(14)6-2/h8-9H,5-7,10H2,1-4H3. The zero-order valence-corrected chi connectivity index (χ0v) is 11.7. The van der Waals surface area contributed by atoms with Crippen molar-refractivity contribution in [3.8, 4) is 5.75 Å². The molecule has 0 aliphatic rings. The average Bonchev–Trinajstić information content (AvgIpc) is 2.36. The summed E-state index contributed by atoms with van der Waals surface area (Å²) in [5.74, 6) is 0.622. The second-order valence-corrected chi connectivity index (χ2v) is 4.14. The second kappa shape index (κ2) is 7.04. The van der Waals surface area contributed by atoms with Crippen LogP contribution in [-0.4, -0.2) is 19.2 Å². The van der Waals surface area contributed by atoms with Crippen molar-refractivity contribution in [1.29, 1.82) is 0 Å². The van der Waals surface area contributed by atoms with E-state index in [4.69, 9.17) is 9.47 Å². The Morgan fingerprint density at radius 2 is 1.94 bits per heavy atom. The first kappa shape index (κ1) is 14.6. The fourth-order valence-corrected chi connectivity index (χ4v) is 1.95. The van der Waals surface area contributed by atoms with Gasteiger partial charge in [-0.15, -0.1) is 0 Å². The normalized spacial score (nSPS) is 10.2. The summed E-state index contributed by atoms with van der Waals surface area (Å²) in [5, 5.41) is 0. The predicted octanol–water partition coefficient (Wildman–Crippen LogP) is 3.52. The molecule has 0 bridgehead atoms. The van der Waals surface area contributed by atoms with E-state index in [1.165, 1.54) is 0 Å². The summed E-state index contributed by atoms with van der Waals surface area (Å²) < 4.78 is 10.8. The van der Waals surface area contributed by atoms with Crippen LogP contribution in [0, 0.1) is 6.92 Å². The lowest BCUT2D eigenvalue weighted by Gasteiger charge is -2.15. The van der Waals surface area contributed by atoms with Crippen LogP contribution in [0.2, 0.25) is 0 Å². The van der Waals surface area contributed by atoms with E-state index in [0.717, 1.165) is 29.7 Å². The van der Waals surface area contributed by atoms with Gasteiger partial charge in [-0.05, 0) is 49.9 Å². The zero-order chi connectivity index (χ0) is 13.5. The number of carbonyl (C=O) groups is 1. The largest absolute Gasteiger partial charge is 0.493 e. The number of hydrogen-bond acceptors (Lipinski definition) is 3. The molecule has 0 amide bonds. The van der Waals surface area contributed by atoms with Gasteiger partial charge in [0.2, 0.25) is 0 Å². The van der Waals surface area contributed by atoms with Crippen LogP contribution in [0.25, 0.3) is 0 Å². The van der Waals surface area contributed by atoms with Crippen molar-refractivity contribution in [3.63, 3.8) is 0 Å². The fourth-order valence-electron chi connectivity index (χ4n) is 1.95. The minimum absolute atomic E-state index is 0.258. The molecule has 1 aromatic rings. The van der Waals surface area contributed by atoms with Gasteiger partial charge < -0.3 is 9.47 Å². The Labute approximate surface area is 109 Å². The van der Waals surface area contributed by atoms with Crippen LogP contribution in [0.4, 0.5) is 0 Å². The van der Waals surface area contributed by atoms with E-state index in [2.05, 4.69) is 13.8 Å². The first-order valence-electron chi connectivity index (χ1n) is 6.58. The van der Waals surface area contributed by atoms with Gasteiger partial charge in [0.25, 0.3) is 0 Å². The summed E-state index contributed by atoms with van der Waals surface area (Å²) >= 11 is 0. The number of carbonyl (C=O) groups excluding carboxylic acids is 1. The molecule has 3 heteroatoms. The summed E-state index contributed by atoms with van der Waals surface area (Å²) in [7, 11) is 0. The smallest absolute Gasteiger partial charge is 0.338 e. The molecule has 0 saturated carbocycles. The summed E-state index contributed by atoms with van der Waals surface area (Å²) in [6.07, 6.45) is 1.82. The Morgan fingerprint density at radius 1 is 1.22 bits per heavy atom. The van der Waals surface area contributed by atoms with Crippen molar-refractivity contribution in [2.75, 3.05) is 13.2 Å². The minimum atomic E-state index is -0.258. The first-order valence-corrected chi connectivity index (χ1v) is 6.58. The molecule has 0 radical (unpaired) electrons. The predicted molar refractivity (Wildman–Crippen MR) is 72.3 cm³/mol. The van der Waals surface area contributed by atoms with E-state index in [1.54, 1.807) is 6.07 Å². The van der Waals surface area contributed by atoms with Crippen LogP contribution < -0.4 is 4.74 Å². The van der Waals surface area contributed by atoms with Crippen molar-refractivity contribution in [3.05, 3.63) is 28.8 Å². The van der Waals surface area contributed by atoms with Gasteiger partial charge in [0.05, 0.1) is 18.8 Å². The highest BCUT2D eigenvalue weighted by Gasteiger charge is 2.15. The first-order chi connectivity index (χ1) is 8.65. The van der Waals surface area contributed by atoms with Crippen LogP contribution in [-0.2, 0) is 11.2 Å². The SMILES string of the molecule is CCCOc1ccc(C(=O)OCC)c(C)c1CC.